The molecule has 104 valence electrons. The number of rotatable bonds is 7. The number of carbonyl (C=O) groups is 1. The first-order valence-corrected chi connectivity index (χ1v) is 7.04. The smallest absolute Gasteiger partial charge is 0.312 e. The molecule has 0 aliphatic heterocycles. The minimum Gasteiger partial charge on any atom is -0.481 e. The van der Waals surface area contributed by atoms with Gasteiger partial charge in [0.2, 0.25) is 0 Å². The molecule has 0 saturated heterocycles. The molecule has 1 aliphatic rings. The van der Waals surface area contributed by atoms with Crippen molar-refractivity contribution in [3.63, 3.8) is 0 Å². The maximum absolute atomic E-state index is 11.4. The van der Waals surface area contributed by atoms with E-state index < -0.39 is 11.9 Å². The topological polar surface area (TPSA) is 49.3 Å². The summed E-state index contributed by atoms with van der Waals surface area (Å²) in [7, 11) is 0. The minimum absolute atomic E-state index is 0.416. The zero-order valence-corrected chi connectivity index (χ0v) is 11.7. The van der Waals surface area contributed by atoms with Crippen LogP contribution in [0.4, 0.5) is 0 Å². The van der Waals surface area contributed by atoms with Gasteiger partial charge in [-0.2, -0.15) is 0 Å². The molecule has 0 bridgehead atoms. The summed E-state index contributed by atoms with van der Waals surface area (Å²) in [5.41, 5.74) is 1.29. The highest BCUT2D eigenvalue weighted by Gasteiger charge is 2.44. The molecular weight excluding hydrogens is 238 g/mol. The van der Waals surface area contributed by atoms with Gasteiger partial charge in [-0.25, -0.2) is 0 Å². The summed E-state index contributed by atoms with van der Waals surface area (Å²) in [6, 6.07) is 9.46. The molecule has 0 radical (unpaired) electrons. The van der Waals surface area contributed by atoms with Gasteiger partial charge in [0.25, 0.3) is 0 Å². The van der Waals surface area contributed by atoms with Crippen molar-refractivity contribution in [2.24, 2.45) is 11.3 Å². The maximum Gasteiger partial charge on any atom is 0.312 e. The Morgan fingerprint density at radius 3 is 2.42 bits per heavy atom. The maximum atomic E-state index is 11.4. The van der Waals surface area contributed by atoms with E-state index >= 15 is 0 Å². The Labute approximate surface area is 115 Å². The van der Waals surface area contributed by atoms with Crippen LogP contribution in [0.2, 0.25) is 0 Å². The molecular formula is C16H23NO2. The van der Waals surface area contributed by atoms with E-state index in [4.69, 9.17) is 0 Å². The van der Waals surface area contributed by atoms with Crippen molar-refractivity contribution in [1.82, 2.24) is 5.32 Å². The standard InChI is InChI=1S/C16H23NO2/c1-12(2)16(8-9-16)11-17-10-14(15(18)19)13-6-4-3-5-7-13/h3-7,12,14,17H,8-11H2,1-2H3,(H,18,19). The van der Waals surface area contributed by atoms with E-state index in [0.717, 1.165) is 12.1 Å². The van der Waals surface area contributed by atoms with E-state index in [1.54, 1.807) is 0 Å². The Morgan fingerprint density at radius 2 is 1.95 bits per heavy atom. The van der Waals surface area contributed by atoms with Crippen LogP contribution < -0.4 is 5.32 Å². The fourth-order valence-corrected chi connectivity index (χ4v) is 2.62. The lowest BCUT2D eigenvalue weighted by Crippen LogP contribution is -2.33. The third kappa shape index (κ3) is 3.35. The van der Waals surface area contributed by atoms with Gasteiger partial charge >= 0.3 is 5.97 Å². The van der Waals surface area contributed by atoms with Gasteiger partial charge in [-0.3, -0.25) is 4.79 Å². The molecule has 3 heteroatoms. The molecule has 1 atom stereocenters. The van der Waals surface area contributed by atoms with Crippen molar-refractivity contribution in [3.8, 4) is 0 Å². The molecule has 1 unspecified atom stereocenters. The van der Waals surface area contributed by atoms with Gasteiger partial charge < -0.3 is 10.4 Å². The highest BCUT2D eigenvalue weighted by atomic mass is 16.4. The van der Waals surface area contributed by atoms with Crippen LogP contribution in [0, 0.1) is 11.3 Å². The first kappa shape index (κ1) is 14.1. The van der Waals surface area contributed by atoms with Gasteiger partial charge in [-0.15, -0.1) is 0 Å². The second kappa shape index (κ2) is 5.74. The highest BCUT2D eigenvalue weighted by Crippen LogP contribution is 2.51. The lowest BCUT2D eigenvalue weighted by Gasteiger charge is -2.21. The quantitative estimate of drug-likeness (QED) is 0.793. The van der Waals surface area contributed by atoms with Crippen molar-refractivity contribution in [2.45, 2.75) is 32.6 Å². The monoisotopic (exact) mass is 261 g/mol. The van der Waals surface area contributed by atoms with Crippen molar-refractivity contribution in [3.05, 3.63) is 35.9 Å². The van der Waals surface area contributed by atoms with Crippen LogP contribution >= 0.6 is 0 Å². The Hall–Kier alpha value is -1.35. The molecule has 1 fully saturated rings. The first-order chi connectivity index (χ1) is 9.05. The average molecular weight is 261 g/mol. The number of nitrogens with one attached hydrogen (secondary N) is 1. The van der Waals surface area contributed by atoms with Gasteiger partial charge in [-0.05, 0) is 29.7 Å². The molecule has 19 heavy (non-hydrogen) atoms. The Morgan fingerprint density at radius 1 is 1.32 bits per heavy atom. The van der Waals surface area contributed by atoms with Crippen molar-refractivity contribution in [1.29, 1.82) is 0 Å². The Kier molecular flexibility index (Phi) is 4.25. The lowest BCUT2D eigenvalue weighted by molar-refractivity contribution is -0.138. The zero-order valence-electron chi connectivity index (χ0n) is 11.7. The number of aliphatic carboxylic acids is 1. The molecule has 0 heterocycles. The Bertz CT molecular complexity index is 424. The van der Waals surface area contributed by atoms with Crippen LogP contribution in [0.1, 0.15) is 38.2 Å². The molecule has 1 aromatic carbocycles. The number of hydrogen-bond acceptors (Lipinski definition) is 2. The van der Waals surface area contributed by atoms with E-state index in [9.17, 15) is 9.90 Å². The summed E-state index contributed by atoms with van der Waals surface area (Å²) in [6.45, 7) is 5.94. The normalized spacial score (nSPS) is 18.3. The zero-order chi connectivity index (χ0) is 13.9. The van der Waals surface area contributed by atoms with E-state index in [2.05, 4.69) is 19.2 Å². The fourth-order valence-electron chi connectivity index (χ4n) is 2.62. The summed E-state index contributed by atoms with van der Waals surface area (Å²) in [6.07, 6.45) is 2.53. The molecule has 0 spiro atoms. The predicted octanol–water partition coefficient (Wildman–Crippen LogP) is 2.88. The molecule has 0 aromatic heterocycles. The van der Waals surface area contributed by atoms with Gasteiger partial charge in [0, 0.05) is 13.1 Å². The van der Waals surface area contributed by atoms with Gasteiger partial charge in [0.15, 0.2) is 0 Å². The summed E-state index contributed by atoms with van der Waals surface area (Å²) in [5.74, 6) is -0.544. The van der Waals surface area contributed by atoms with E-state index in [1.165, 1.54) is 12.8 Å². The van der Waals surface area contributed by atoms with Crippen LogP contribution in [0.3, 0.4) is 0 Å². The van der Waals surface area contributed by atoms with Gasteiger partial charge in [-0.1, -0.05) is 44.2 Å². The largest absolute Gasteiger partial charge is 0.481 e. The van der Waals surface area contributed by atoms with E-state index in [0.29, 0.717) is 17.9 Å². The minimum atomic E-state index is -0.756. The third-order valence-electron chi connectivity index (χ3n) is 4.44. The third-order valence-corrected chi connectivity index (χ3v) is 4.44. The number of carboxylic acid groups (broad SMARTS) is 1. The van der Waals surface area contributed by atoms with E-state index in [1.807, 2.05) is 30.3 Å². The number of benzene rings is 1. The molecule has 0 amide bonds. The summed E-state index contributed by atoms with van der Waals surface area (Å²) in [4.78, 5) is 11.4. The summed E-state index contributed by atoms with van der Waals surface area (Å²) in [5, 5.41) is 12.7. The van der Waals surface area contributed by atoms with Crippen LogP contribution in [0.25, 0.3) is 0 Å². The average Bonchev–Trinajstić information content (AvgIpc) is 3.16. The molecule has 1 aliphatic carbocycles. The Balaban J connectivity index is 1.90. The molecule has 3 nitrogen and oxygen atoms in total. The number of carboxylic acids is 1. The second-order valence-corrected chi connectivity index (χ2v) is 5.95. The van der Waals surface area contributed by atoms with Crippen molar-refractivity contribution in [2.75, 3.05) is 13.1 Å². The van der Waals surface area contributed by atoms with Crippen LogP contribution in [0.15, 0.2) is 30.3 Å². The molecule has 1 aromatic rings. The second-order valence-electron chi connectivity index (χ2n) is 5.95. The SMILES string of the molecule is CC(C)C1(CNCC(C(=O)O)c2ccccc2)CC1. The molecule has 2 rings (SSSR count). The number of hydrogen-bond donors (Lipinski definition) is 2. The summed E-state index contributed by atoms with van der Waals surface area (Å²) >= 11 is 0. The predicted molar refractivity (Wildman–Crippen MR) is 76.2 cm³/mol. The van der Waals surface area contributed by atoms with Gasteiger partial charge in [0.1, 0.15) is 0 Å². The first-order valence-electron chi connectivity index (χ1n) is 7.04. The fraction of sp³-hybridized carbons (Fsp3) is 0.562. The van der Waals surface area contributed by atoms with Crippen molar-refractivity contribution < 1.29 is 9.90 Å². The molecule has 1 saturated carbocycles. The van der Waals surface area contributed by atoms with Crippen LogP contribution in [0.5, 0.6) is 0 Å². The van der Waals surface area contributed by atoms with Crippen LogP contribution in [-0.2, 0) is 4.79 Å². The van der Waals surface area contributed by atoms with Gasteiger partial charge in [0.05, 0.1) is 5.92 Å². The molecule has 2 N–H and O–H groups in total. The van der Waals surface area contributed by atoms with Crippen molar-refractivity contribution >= 4 is 5.97 Å². The van der Waals surface area contributed by atoms with E-state index in [-0.39, 0.29) is 0 Å². The lowest BCUT2D eigenvalue weighted by atomic mass is 9.92. The van der Waals surface area contributed by atoms with Crippen LogP contribution in [-0.4, -0.2) is 24.2 Å². The summed E-state index contributed by atoms with van der Waals surface area (Å²) < 4.78 is 0. The highest BCUT2D eigenvalue weighted by molar-refractivity contribution is 5.76.